The van der Waals surface area contributed by atoms with Gasteiger partial charge >= 0.3 is 0 Å². The van der Waals surface area contributed by atoms with Crippen LogP contribution in [0.15, 0.2) is 18.2 Å². The van der Waals surface area contributed by atoms with Crippen LogP contribution in [0.2, 0.25) is 0 Å². The standard InChI is InChI=1S/C16H22O2/c1-5-11(2)12-6-7-15-13(8-12)14(17)9-16(3,4)10-18-15/h6-8,11H,5,9-10H2,1-4H3. The SMILES string of the molecule is CCC(C)c1ccc2c(c1)C(=O)CC(C)(C)CO2. The summed E-state index contributed by atoms with van der Waals surface area (Å²) in [5, 5.41) is 0. The molecular weight excluding hydrogens is 224 g/mol. The summed E-state index contributed by atoms with van der Waals surface area (Å²) in [6.45, 7) is 9.11. The molecule has 1 aliphatic heterocycles. The van der Waals surface area contributed by atoms with Gasteiger partial charge in [0.15, 0.2) is 5.78 Å². The third kappa shape index (κ3) is 2.58. The van der Waals surface area contributed by atoms with E-state index >= 15 is 0 Å². The van der Waals surface area contributed by atoms with Gasteiger partial charge in [0.25, 0.3) is 0 Å². The second-order valence-corrected chi connectivity index (χ2v) is 6.12. The molecule has 1 aromatic rings. The summed E-state index contributed by atoms with van der Waals surface area (Å²) in [6.07, 6.45) is 1.64. The maximum absolute atomic E-state index is 12.3. The lowest BCUT2D eigenvalue weighted by Crippen LogP contribution is -2.21. The van der Waals surface area contributed by atoms with Crippen molar-refractivity contribution in [1.82, 2.24) is 0 Å². The second-order valence-electron chi connectivity index (χ2n) is 6.12. The Morgan fingerprint density at radius 1 is 1.39 bits per heavy atom. The summed E-state index contributed by atoms with van der Waals surface area (Å²) in [5.74, 6) is 1.44. The molecular formula is C16H22O2. The van der Waals surface area contributed by atoms with Gasteiger partial charge < -0.3 is 4.74 Å². The van der Waals surface area contributed by atoms with Crippen LogP contribution >= 0.6 is 0 Å². The predicted molar refractivity (Wildman–Crippen MR) is 73.4 cm³/mol. The molecule has 2 heteroatoms. The van der Waals surface area contributed by atoms with Crippen LogP contribution in [-0.4, -0.2) is 12.4 Å². The lowest BCUT2D eigenvalue weighted by Gasteiger charge is -2.19. The number of carbonyl (C=O) groups excluding carboxylic acids is 1. The Hall–Kier alpha value is -1.31. The van der Waals surface area contributed by atoms with Crippen molar-refractivity contribution in [2.75, 3.05) is 6.61 Å². The molecule has 98 valence electrons. The highest BCUT2D eigenvalue weighted by Crippen LogP contribution is 2.34. The molecule has 0 aromatic heterocycles. The summed E-state index contributed by atoms with van der Waals surface area (Å²) in [7, 11) is 0. The molecule has 0 amide bonds. The average Bonchev–Trinajstić information content (AvgIpc) is 2.45. The lowest BCUT2D eigenvalue weighted by molar-refractivity contribution is 0.0918. The van der Waals surface area contributed by atoms with Crippen molar-refractivity contribution in [3.8, 4) is 5.75 Å². The van der Waals surface area contributed by atoms with E-state index in [1.807, 2.05) is 12.1 Å². The number of fused-ring (bicyclic) bond motifs is 1. The van der Waals surface area contributed by atoms with E-state index in [0.29, 0.717) is 18.9 Å². The Morgan fingerprint density at radius 2 is 2.11 bits per heavy atom. The molecule has 2 nitrogen and oxygen atoms in total. The van der Waals surface area contributed by atoms with Gasteiger partial charge in [-0.05, 0) is 30.0 Å². The quantitative estimate of drug-likeness (QED) is 0.782. The number of rotatable bonds is 2. The van der Waals surface area contributed by atoms with E-state index in [0.717, 1.165) is 17.7 Å². The Balaban J connectivity index is 2.39. The normalized spacial score (nSPS) is 19.7. The van der Waals surface area contributed by atoms with Gasteiger partial charge in [0.2, 0.25) is 0 Å². The highest BCUT2D eigenvalue weighted by molar-refractivity contribution is 5.99. The second kappa shape index (κ2) is 4.75. The molecule has 1 aromatic carbocycles. The van der Waals surface area contributed by atoms with E-state index in [2.05, 4.69) is 33.8 Å². The van der Waals surface area contributed by atoms with Gasteiger partial charge in [-0.3, -0.25) is 4.79 Å². The number of ketones is 1. The molecule has 0 saturated heterocycles. The number of benzene rings is 1. The summed E-state index contributed by atoms with van der Waals surface area (Å²) in [5.41, 5.74) is 1.92. The maximum atomic E-state index is 12.3. The monoisotopic (exact) mass is 246 g/mol. The third-order valence-electron chi connectivity index (χ3n) is 3.74. The highest BCUT2D eigenvalue weighted by atomic mass is 16.5. The van der Waals surface area contributed by atoms with Crippen LogP contribution in [0.3, 0.4) is 0 Å². The van der Waals surface area contributed by atoms with E-state index in [1.165, 1.54) is 5.56 Å². The summed E-state index contributed by atoms with van der Waals surface area (Å²) < 4.78 is 5.78. The van der Waals surface area contributed by atoms with Crippen molar-refractivity contribution in [3.05, 3.63) is 29.3 Å². The van der Waals surface area contributed by atoms with E-state index in [4.69, 9.17) is 4.74 Å². The molecule has 0 radical (unpaired) electrons. The van der Waals surface area contributed by atoms with Crippen LogP contribution in [0, 0.1) is 5.41 Å². The fraction of sp³-hybridized carbons (Fsp3) is 0.562. The topological polar surface area (TPSA) is 26.3 Å². The zero-order valence-electron chi connectivity index (χ0n) is 11.7. The number of ether oxygens (including phenoxy) is 1. The lowest BCUT2D eigenvalue weighted by atomic mass is 9.86. The molecule has 1 aliphatic rings. The number of hydrogen-bond donors (Lipinski definition) is 0. The summed E-state index contributed by atoms with van der Waals surface area (Å²) >= 11 is 0. The van der Waals surface area contributed by atoms with Crippen molar-refractivity contribution >= 4 is 5.78 Å². The predicted octanol–water partition coefficient (Wildman–Crippen LogP) is 4.19. The molecule has 0 aliphatic carbocycles. The summed E-state index contributed by atoms with van der Waals surface area (Å²) in [4.78, 5) is 12.3. The molecule has 0 bridgehead atoms. The van der Waals surface area contributed by atoms with E-state index in [1.54, 1.807) is 0 Å². The molecule has 1 unspecified atom stereocenters. The van der Waals surface area contributed by atoms with Gasteiger partial charge in [0.05, 0.1) is 12.2 Å². The van der Waals surface area contributed by atoms with Gasteiger partial charge in [-0.2, -0.15) is 0 Å². The van der Waals surface area contributed by atoms with Crippen LogP contribution in [0.25, 0.3) is 0 Å². The highest BCUT2D eigenvalue weighted by Gasteiger charge is 2.29. The molecule has 1 atom stereocenters. The van der Waals surface area contributed by atoms with E-state index < -0.39 is 0 Å². The maximum Gasteiger partial charge on any atom is 0.167 e. The van der Waals surface area contributed by atoms with Gasteiger partial charge in [0.1, 0.15) is 5.75 Å². The largest absolute Gasteiger partial charge is 0.492 e. The molecule has 0 fully saturated rings. The van der Waals surface area contributed by atoms with Crippen LogP contribution in [-0.2, 0) is 0 Å². The Morgan fingerprint density at radius 3 is 2.78 bits per heavy atom. The van der Waals surface area contributed by atoms with Crippen molar-refractivity contribution < 1.29 is 9.53 Å². The van der Waals surface area contributed by atoms with Crippen molar-refractivity contribution in [1.29, 1.82) is 0 Å². The zero-order chi connectivity index (χ0) is 13.3. The minimum Gasteiger partial charge on any atom is -0.492 e. The Labute approximate surface area is 109 Å². The summed E-state index contributed by atoms with van der Waals surface area (Å²) in [6, 6.07) is 6.06. The molecule has 1 heterocycles. The average molecular weight is 246 g/mol. The minimum absolute atomic E-state index is 0.0767. The fourth-order valence-corrected chi connectivity index (χ4v) is 2.29. The van der Waals surface area contributed by atoms with Gasteiger partial charge in [-0.1, -0.05) is 33.8 Å². The number of Topliss-reactive ketones (excluding diaryl/α,β-unsaturated/α-hetero) is 1. The van der Waals surface area contributed by atoms with Crippen molar-refractivity contribution in [2.24, 2.45) is 5.41 Å². The fourth-order valence-electron chi connectivity index (χ4n) is 2.29. The van der Waals surface area contributed by atoms with E-state index in [9.17, 15) is 4.79 Å². The zero-order valence-corrected chi connectivity index (χ0v) is 11.7. The first-order chi connectivity index (χ1) is 8.43. The van der Waals surface area contributed by atoms with Gasteiger partial charge in [-0.25, -0.2) is 0 Å². The number of carbonyl (C=O) groups is 1. The third-order valence-corrected chi connectivity index (χ3v) is 3.74. The van der Waals surface area contributed by atoms with Crippen LogP contribution < -0.4 is 4.74 Å². The number of hydrogen-bond acceptors (Lipinski definition) is 2. The molecule has 0 saturated carbocycles. The first kappa shape index (κ1) is 13.1. The Bertz CT molecular complexity index is 460. The van der Waals surface area contributed by atoms with Crippen LogP contribution in [0.4, 0.5) is 0 Å². The Kier molecular flexibility index (Phi) is 3.47. The molecule has 0 N–H and O–H groups in total. The van der Waals surface area contributed by atoms with Crippen molar-refractivity contribution in [3.63, 3.8) is 0 Å². The first-order valence-corrected chi connectivity index (χ1v) is 6.73. The van der Waals surface area contributed by atoms with Gasteiger partial charge in [-0.15, -0.1) is 0 Å². The molecule has 18 heavy (non-hydrogen) atoms. The van der Waals surface area contributed by atoms with Crippen molar-refractivity contribution in [2.45, 2.75) is 46.5 Å². The van der Waals surface area contributed by atoms with Gasteiger partial charge in [0, 0.05) is 11.8 Å². The minimum atomic E-state index is -0.0767. The molecule has 0 spiro atoms. The molecule has 2 rings (SSSR count). The van der Waals surface area contributed by atoms with Crippen LogP contribution in [0.1, 0.15) is 62.4 Å². The van der Waals surface area contributed by atoms with Crippen LogP contribution in [0.5, 0.6) is 5.75 Å². The smallest absolute Gasteiger partial charge is 0.167 e. The first-order valence-electron chi connectivity index (χ1n) is 6.73. The van der Waals surface area contributed by atoms with E-state index in [-0.39, 0.29) is 11.2 Å².